The first-order valence-corrected chi connectivity index (χ1v) is 6.96. The van der Waals surface area contributed by atoms with E-state index in [4.69, 9.17) is 0 Å². The number of hydrogen-bond donors (Lipinski definition) is 1. The molecule has 0 saturated carbocycles. The minimum atomic E-state index is -1.08. The molecule has 1 N–H and O–H groups in total. The summed E-state index contributed by atoms with van der Waals surface area (Å²) >= 11 is 2.24. The zero-order valence-corrected chi connectivity index (χ0v) is 12.1. The molecule has 0 radical (unpaired) electrons. The van der Waals surface area contributed by atoms with Crippen molar-refractivity contribution in [2.45, 2.75) is 13.8 Å². The van der Waals surface area contributed by atoms with Crippen molar-refractivity contribution in [3.8, 4) is 0 Å². The van der Waals surface area contributed by atoms with Gasteiger partial charge in [0.05, 0.1) is 16.9 Å². The second kappa shape index (κ2) is 5.06. The molecule has 2 aromatic rings. The lowest BCUT2D eigenvalue weighted by Crippen LogP contribution is -2.26. The van der Waals surface area contributed by atoms with Gasteiger partial charge in [-0.3, -0.25) is 4.79 Å². The predicted molar refractivity (Wildman–Crippen MR) is 73.4 cm³/mol. The molecular weight excluding hydrogens is 286 g/mol. The van der Waals surface area contributed by atoms with E-state index >= 15 is 0 Å². The van der Waals surface area contributed by atoms with Gasteiger partial charge in [-0.25, -0.2) is 9.78 Å². The molecule has 100 valence electrons. The highest BCUT2D eigenvalue weighted by atomic mass is 32.1. The van der Waals surface area contributed by atoms with Crippen LogP contribution in [0.3, 0.4) is 0 Å². The summed E-state index contributed by atoms with van der Waals surface area (Å²) in [5, 5.41) is 9.51. The third kappa shape index (κ3) is 2.36. The number of hydrogen-bond acceptors (Lipinski definition) is 6. The van der Waals surface area contributed by atoms with Crippen LogP contribution in [-0.4, -0.2) is 33.4 Å². The van der Waals surface area contributed by atoms with E-state index in [0.717, 1.165) is 11.5 Å². The third-order valence-corrected chi connectivity index (χ3v) is 4.54. The molecule has 0 unspecified atom stereocenters. The Morgan fingerprint density at radius 2 is 2.00 bits per heavy atom. The molecule has 8 heteroatoms. The second-order valence-electron chi connectivity index (χ2n) is 3.88. The van der Waals surface area contributed by atoms with Gasteiger partial charge in [0.1, 0.15) is 15.4 Å². The van der Waals surface area contributed by atoms with Crippen molar-refractivity contribution < 1.29 is 14.7 Å². The maximum Gasteiger partial charge on any atom is 0.340 e. The molecule has 0 aliphatic heterocycles. The normalized spacial score (nSPS) is 10.5. The van der Waals surface area contributed by atoms with Crippen molar-refractivity contribution in [2.24, 2.45) is 0 Å². The molecule has 2 rings (SSSR count). The molecule has 19 heavy (non-hydrogen) atoms. The number of aryl methyl sites for hydroxylation is 2. The summed E-state index contributed by atoms with van der Waals surface area (Å²) in [4.78, 5) is 29.3. The highest BCUT2D eigenvalue weighted by Crippen LogP contribution is 2.29. The lowest BCUT2D eigenvalue weighted by molar-refractivity contribution is 0.0697. The molecule has 0 aliphatic carbocycles. The van der Waals surface area contributed by atoms with Crippen LogP contribution in [0.4, 0.5) is 5.00 Å². The van der Waals surface area contributed by atoms with Crippen molar-refractivity contribution in [3.63, 3.8) is 0 Å². The van der Waals surface area contributed by atoms with Gasteiger partial charge in [-0.15, -0.1) is 11.3 Å². The first-order chi connectivity index (χ1) is 8.93. The third-order valence-electron chi connectivity index (χ3n) is 2.61. The van der Waals surface area contributed by atoms with Crippen molar-refractivity contribution >= 4 is 39.7 Å². The molecule has 0 bridgehead atoms. The average molecular weight is 297 g/mol. The first-order valence-electron chi connectivity index (χ1n) is 5.31. The van der Waals surface area contributed by atoms with E-state index in [-0.39, 0.29) is 11.5 Å². The minimum Gasteiger partial charge on any atom is -0.478 e. The molecule has 0 saturated heterocycles. The highest BCUT2D eigenvalue weighted by molar-refractivity contribution is 7.13. The second-order valence-corrected chi connectivity index (χ2v) is 5.49. The largest absolute Gasteiger partial charge is 0.478 e. The van der Waals surface area contributed by atoms with Crippen LogP contribution in [0.1, 0.15) is 31.4 Å². The van der Waals surface area contributed by atoms with Crippen LogP contribution in [0.2, 0.25) is 0 Å². The summed E-state index contributed by atoms with van der Waals surface area (Å²) in [5.41, 5.74) is 2.71. The monoisotopic (exact) mass is 297 g/mol. The lowest BCUT2D eigenvalue weighted by Gasteiger charge is -2.14. The average Bonchev–Trinajstić information content (AvgIpc) is 2.93. The van der Waals surface area contributed by atoms with E-state index in [1.165, 1.54) is 16.2 Å². The van der Waals surface area contributed by atoms with Gasteiger partial charge in [0.25, 0.3) is 5.91 Å². The fourth-order valence-corrected chi connectivity index (χ4v) is 3.21. The quantitative estimate of drug-likeness (QED) is 0.939. The Hall–Kier alpha value is -1.80. The van der Waals surface area contributed by atoms with Crippen molar-refractivity contribution in [3.05, 3.63) is 27.3 Å². The number of anilines is 1. The topological polar surface area (TPSA) is 83.4 Å². The van der Waals surface area contributed by atoms with E-state index in [2.05, 4.69) is 9.36 Å². The van der Waals surface area contributed by atoms with E-state index in [1.54, 1.807) is 26.4 Å². The smallest absolute Gasteiger partial charge is 0.340 e. The van der Waals surface area contributed by atoms with Crippen LogP contribution >= 0.6 is 22.9 Å². The van der Waals surface area contributed by atoms with Crippen LogP contribution in [0.5, 0.6) is 0 Å². The van der Waals surface area contributed by atoms with Crippen LogP contribution < -0.4 is 4.90 Å². The molecule has 6 nitrogen and oxygen atoms in total. The van der Waals surface area contributed by atoms with Gasteiger partial charge in [0.2, 0.25) is 0 Å². The number of aromatic nitrogens is 2. The van der Waals surface area contributed by atoms with E-state index < -0.39 is 5.97 Å². The Kier molecular flexibility index (Phi) is 3.63. The summed E-state index contributed by atoms with van der Waals surface area (Å²) in [5.74, 6) is -1.35. The number of aromatic carboxylic acids is 1. The number of amides is 1. The fourth-order valence-electron chi connectivity index (χ4n) is 1.58. The highest BCUT2D eigenvalue weighted by Gasteiger charge is 2.26. The SMILES string of the molecule is Cc1ncsc1C(=O)N(C)c1snc(C)c1C(=O)O. The molecular formula is C11H11N3O3S2. The van der Waals surface area contributed by atoms with Gasteiger partial charge in [0, 0.05) is 7.05 Å². The molecule has 0 spiro atoms. The Labute approximate surface area is 117 Å². The van der Waals surface area contributed by atoms with Gasteiger partial charge in [-0.05, 0) is 25.4 Å². The van der Waals surface area contributed by atoms with Crippen LogP contribution in [0.25, 0.3) is 0 Å². The van der Waals surface area contributed by atoms with Crippen molar-refractivity contribution in [1.82, 2.24) is 9.36 Å². The molecule has 0 aromatic carbocycles. The number of carbonyl (C=O) groups is 2. The molecule has 1 amide bonds. The van der Waals surface area contributed by atoms with Crippen LogP contribution in [-0.2, 0) is 0 Å². The Morgan fingerprint density at radius 3 is 2.53 bits per heavy atom. The molecule has 2 heterocycles. The summed E-state index contributed by atoms with van der Waals surface area (Å²) in [7, 11) is 1.54. The van der Waals surface area contributed by atoms with E-state index in [0.29, 0.717) is 21.3 Å². The van der Waals surface area contributed by atoms with Gasteiger partial charge in [-0.1, -0.05) is 0 Å². The predicted octanol–water partition coefficient (Wildman–Crippen LogP) is 2.19. The maximum absolute atomic E-state index is 12.3. The summed E-state index contributed by atoms with van der Waals surface area (Å²) in [6.45, 7) is 3.35. The maximum atomic E-state index is 12.3. The Bertz CT molecular complexity index is 647. The van der Waals surface area contributed by atoms with Gasteiger partial charge in [0.15, 0.2) is 0 Å². The van der Waals surface area contributed by atoms with E-state index in [9.17, 15) is 14.7 Å². The zero-order valence-electron chi connectivity index (χ0n) is 10.5. The van der Waals surface area contributed by atoms with Crippen molar-refractivity contribution in [2.75, 3.05) is 11.9 Å². The summed E-state index contributed by atoms with van der Waals surface area (Å²) in [6.07, 6.45) is 0. The molecule has 2 aromatic heterocycles. The van der Waals surface area contributed by atoms with Gasteiger partial charge < -0.3 is 10.0 Å². The standard InChI is InChI=1S/C11H11N3O3S2/c1-5-7(11(16)17)10(19-13-5)14(3)9(15)8-6(2)12-4-18-8/h4H,1-3H3,(H,16,17). The van der Waals surface area contributed by atoms with Crippen LogP contribution in [0, 0.1) is 13.8 Å². The van der Waals surface area contributed by atoms with Crippen molar-refractivity contribution in [1.29, 1.82) is 0 Å². The molecule has 0 atom stereocenters. The number of carboxylic acid groups (broad SMARTS) is 1. The number of rotatable bonds is 3. The minimum absolute atomic E-state index is 0.0722. The number of carboxylic acids is 1. The summed E-state index contributed by atoms with van der Waals surface area (Å²) < 4.78 is 4.00. The molecule has 0 fully saturated rings. The molecule has 0 aliphatic rings. The summed E-state index contributed by atoms with van der Waals surface area (Å²) in [6, 6.07) is 0. The lowest BCUT2D eigenvalue weighted by atomic mass is 10.2. The van der Waals surface area contributed by atoms with Gasteiger partial charge in [-0.2, -0.15) is 4.37 Å². The Balaban J connectivity index is 2.40. The zero-order chi connectivity index (χ0) is 14.2. The van der Waals surface area contributed by atoms with Crippen LogP contribution in [0.15, 0.2) is 5.51 Å². The first kappa shape index (κ1) is 13.6. The fraction of sp³-hybridized carbons (Fsp3) is 0.273. The van der Waals surface area contributed by atoms with E-state index in [1.807, 2.05) is 0 Å². The number of carbonyl (C=O) groups excluding carboxylic acids is 1. The van der Waals surface area contributed by atoms with Gasteiger partial charge >= 0.3 is 5.97 Å². The number of nitrogens with zero attached hydrogens (tertiary/aromatic N) is 3. The Morgan fingerprint density at radius 1 is 1.32 bits per heavy atom. The number of thiazole rings is 1.